The van der Waals surface area contributed by atoms with Gasteiger partial charge in [0.1, 0.15) is 11.4 Å². The fourth-order valence-corrected chi connectivity index (χ4v) is 1.18. The zero-order valence-electron chi connectivity index (χ0n) is 8.34. The number of hydrogen-bond acceptors (Lipinski definition) is 4. The van der Waals surface area contributed by atoms with Crippen molar-refractivity contribution >= 4 is 6.29 Å². The number of nitrogens with zero attached hydrogens (tertiary/aromatic N) is 1. The molecule has 0 atom stereocenters. The van der Waals surface area contributed by atoms with Gasteiger partial charge in [0, 0.05) is 23.9 Å². The highest BCUT2D eigenvalue weighted by atomic mass is 19.4. The van der Waals surface area contributed by atoms with Crippen LogP contribution in [0.15, 0.2) is 6.20 Å². The molecule has 0 radical (unpaired) electrons. The van der Waals surface area contributed by atoms with Gasteiger partial charge in [-0.3, -0.25) is 9.78 Å². The van der Waals surface area contributed by atoms with Gasteiger partial charge in [0.15, 0.2) is 6.29 Å². The van der Waals surface area contributed by atoms with E-state index in [2.05, 4.69) is 9.72 Å². The standard InChI is InChI=1S/C9H9F3N2O2/c1-5-7(4-15)14-3-6(2-13)8(5)16-9(10,11)12/h3-4H,2,13H2,1H3. The molecule has 0 aliphatic carbocycles. The Balaban J connectivity index is 3.26. The summed E-state index contributed by atoms with van der Waals surface area (Å²) in [5, 5.41) is 0. The van der Waals surface area contributed by atoms with Crippen molar-refractivity contribution in [2.75, 3.05) is 0 Å². The molecule has 0 aliphatic heterocycles. The number of ether oxygens (including phenoxy) is 1. The van der Waals surface area contributed by atoms with E-state index in [1.54, 1.807) is 0 Å². The number of alkyl halides is 3. The number of carbonyl (C=O) groups is 1. The number of hydrogen-bond donors (Lipinski definition) is 1. The fourth-order valence-electron chi connectivity index (χ4n) is 1.18. The molecular formula is C9H9F3N2O2. The summed E-state index contributed by atoms with van der Waals surface area (Å²) < 4.78 is 40.1. The summed E-state index contributed by atoms with van der Waals surface area (Å²) in [6.45, 7) is 1.16. The average molecular weight is 234 g/mol. The minimum atomic E-state index is -4.82. The van der Waals surface area contributed by atoms with Gasteiger partial charge in [-0.05, 0) is 6.92 Å². The summed E-state index contributed by atoms with van der Waals surface area (Å²) in [5.74, 6) is -0.452. The summed E-state index contributed by atoms with van der Waals surface area (Å²) in [5.41, 5.74) is 5.27. The minimum Gasteiger partial charge on any atom is -0.405 e. The van der Waals surface area contributed by atoms with Crippen LogP contribution in [0.2, 0.25) is 0 Å². The predicted octanol–water partition coefficient (Wildman–Crippen LogP) is 1.56. The smallest absolute Gasteiger partial charge is 0.405 e. The summed E-state index contributed by atoms with van der Waals surface area (Å²) in [4.78, 5) is 14.2. The quantitative estimate of drug-likeness (QED) is 0.806. The van der Waals surface area contributed by atoms with Crippen molar-refractivity contribution in [3.05, 3.63) is 23.0 Å². The third-order valence-electron chi connectivity index (χ3n) is 1.93. The monoisotopic (exact) mass is 234 g/mol. The second-order valence-electron chi connectivity index (χ2n) is 2.99. The molecule has 1 aromatic heterocycles. The molecule has 0 saturated carbocycles. The SMILES string of the molecule is Cc1c(C=O)ncc(CN)c1OC(F)(F)F. The molecule has 0 unspecified atom stereocenters. The van der Waals surface area contributed by atoms with Crippen LogP contribution in [0, 0.1) is 6.92 Å². The lowest BCUT2D eigenvalue weighted by Gasteiger charge is -2.15. The lowest BCUT2D eigenvalue weighted by molar-refractivity contribution is -0.275. The lowest BCUT2D eigenvalue weighted by atomic mass is 10.1. The predicted molar refractivity (Wildman–Crippen MR) is 48.9 cm³/mol. The zero-order chi connectivity index (χ0) is 12.3. The molecule has 0 fully saturated rings. The van der Waals surface area contributed by atoms with Crippen molar-refractivity contribution < 1.29 is 22.7 Å². The molecule has 1 rings (SSSR count). The van der Waals surface area contributed by atoms with Crippen molar-refractivity contribution in [2.24, 2.45) is 5.73 Å². The van der Waals surface area contributed by atoms with Crippen LogP contribution in [0.1, 0.15) is 21.6 Å². The van der Waals surface area contributed by atoms with Crippen LogP contribution in [-0.2, 0) is 6.54 Å². The van der Waals surface area contributed by atoms with E-state index >= 15 is 0 Å². The second kappa shape index (κ2) is 4.48. The van der Waals surface area contributed by atoms with Gasteiger partial charge in [-0.2, -0.15) is 0 Å². The Morgan fingerprint density at radius 3 is 2.62 bits per heavy atom. The number of nitrogens with two attached hydrogens (primary N) is 1. The molecule has 16 heavy (non-hydrogen) atoms. The van der Waals surface area contributed by atoms with Crippen molar-refractivity contribution in [3.63, 3.8) is 0 Å². The van der Waals surface area contributed by atoms with Crippen LogP contribution in [0.3, 0.4) is 0 Å². The minimum absolute atomic E-state index is 0.0234. The van der Waals surface area contributed by atoms with Crippen LogP contribution in [0.4, 0.5) is 13.2 Å². The Labute approximate surface area is 89.2 Å². The Morgan fingerprint density at radius 2 is 2.19 bits per heavy atom. The molecule has 7 heteroatoms. The van der Waals surface area contributed by atoms with E-state index in [0.717, 1.165) is 6.20 Å². The van der Waals surface area contributed by atoms with Crippen LogP contribution in [0.5, 0.6) is 5.75 Å². The van der Waals surface area contributed by atoms with Gasteiger partial charge in [0.25, 0.3) is 0 Å². The van der Waals surface area contributed by atoms with Gasteiger partial charge < -0.3 is 10.5 Å². The average Bonchev–Trinajstić information content (AvgIpc) is 2.19. The summed E-state index contributed by atoms with van der Waals surface area (Å²) in [7, 11) is 0. The number of rotatable bonds is 3. The molecule has 0 amide bonds. The van der Waals surface area contributed by atoms with Gasteiger partial charge in [0.05, 0.1) is 0 Å². The highest BCUT2D eigenvalue weighted by Gasteiger charge is 2.33. The van der Waals surface area contributed by atoms with Crippen molar-refractivity contribution in [1.82, 2.24) is 4.98 Å². The maximum Gasteiger partial charge on any atom is 0.573 e. The first kappa shape index (κ1) is 12.4. The second-order valence-corrected chi connectivity index (χ2v) is 2.99. The Kier molecular flexibility index (Phi) is 3.48. The molecule has 88 valence electrons. The Hall–Kier alpha value is -1.63. The van der Waals surface area contributed by atoms with Crippen LogP contribution in [-0.4, -0.2) is 17.6 Å². The first-order valence-corrected chi connectivity index (χ1v) is 4.28. The highest BCUT2D eigenvalue weighted by Crippen LogP contribution is 2.30. The Bertz CT molecular complexity index is 404. The van der Waals surface area contributed by atoms with E-state index in [1.807, 2.05) is 0 Å². The molecule has 1 aromatic rings. The molecule has 2 N–H and O–H groups in total. The Morgan fingerprint density at radius 1 is 1.56 bits per heavy atom. The van der Waals surface area contributed by atoms with Gasteiger partial charge in [-0.25, -0.2) is 0 Å². The van der Waals surface area contributed by atoms with E-state index < -0.39 is 12.1 Å². The first-order chi connectivity index (χ1) is 7.39. The number of aromatic nitrogens is 1. The maximum absolute atomic E-state index is 12.1. The summed E-state index contributed by atoms with van der Waals surface area (Å²) in [6.07, 6.45) is -3.37. The van der Waals surface area contributed by atoms with Gasteiger partial charge in [0.2, 0.25) is 0 Å². The van der Waals surface area contributed by atoms with E-state index in [0.29, 0.717) is 6.29 Å². The highest BCUT2D eigenvalue weighted by molar-refractivity contribution is 5.75. The van der Waals surface area contributed by atoms with Crippen LogP contribution >= 0.6 is 0 Å². The third-order valence-corrected chi connectivity index (χ3v) is 1.93. The largest absolute Gasteiger partial charge is 0.573 e. The number of carbonyl (C=O) groups excluding carboxylic acids is 1. The number of halogens is 3. The first-order valence-electron chi connectivity index (χ1n) is 4.28. The van der Waals surface area contributed by atoms with Crippen molar-refractivity contribution in [2.45, 2.75) is 19.8 Å². The number of aldehydes is 1. The molecule has 0 bridgehead atoms. The van der Waals surface area contributed by atoms with Gasteiger partial charge in [-0.15, -0.1) is 13.2 Å². The molecule has 0 spiro atoms. The molecule has 0 aromatic carbocycles. The summed E-state index contributed by atoms with van der Waals surface area (Å²) in [6, 6.07) is 0. The third kappa shape index (κ3) is 2.69. The van der Waals surface area contributed by atoms with E-state index in [-0.39, 0.29) is 23.4 Å². The zero-order valence-corrected chi connectivity index (χ0v) is 8.34. The van der Waals surface area contributed by atoms with Gasteiger partial charge in [-0.1, -0.05) is 0 Å². The maximum atomic E-state index is 12.1. The topological polar surface area (TPSA) is 65.2 Å². The molecule has 1 heterocycles. The molecule has 4 nitrogen and oxygen atoms in total. The van der Waals surface area contributed by atoms with Crippen molar-refractivity contribution in [3.8, 4) is 5.75 Å². The van der Waals surface area contributed by atoms with E-state index in [1.165, 1.54) is 6.92 Å². The van der Waals surface area contributed by atoms with Gasteiger partial charge >= 0.3 is 6.36 Å². The molecule has 0 saturated heterocycles. The molecule has 0 aliphatic rings. The lowest BCUT2D eigenvalue weighted by Crippen LogP contribution is -2.20. The summed E-state index contributed by atoms with van der Waals surface area (Å²) >= 11 is 0. The molecular weight excluding hydrogens is 225 g/mol. The van der Waals surface area contributed by atoms with E-state index in [4.69, 9.17) is 5.73 Å². The van der Waals surface area contributed by atoms with Crippen LogP contribution < -0.4 is 10.5 Å². The van der Waals surface area contributed by atoms with E-state index in [9.17, 15) is 18.0 Å². The van der Waals surface area contributed by atoms with Crippen molar-refractivity contribution in [1.29, 1.82) is 0 Å². The fraction of sp³-hybridized carbons (Fsp3) is 0.333. The number of pyridine rings is 1. The normalized spacial score (nSPS) is 11.3. The van der Waals surface area contributed by atoms with Crippen LogP contribution in [0.25, 0.3) is 0 Å².